The fourth-order valence-corrected chi connectivity index (χ4v) is 5.48. The second kappa shape index (κ2) is 13.8. The van der Waals surface area contributed by atoms with Crippen LogP contribution in [0.5, 0.6) is 11.5 Å². The summed E-state index contributed by atoms with van der Waals surface area (Å²) in [7, 11) is 0. The Bertz CT molecular complexity index is 1280. The molecule has 0 amide bonds. The van der Waals surface area contributed by atoms with Gasteiger partial charge >= 0.3 is 0 Å². The van der Waals surface area contributed by atoms with Crippen LogP contribution in [0.1, 0.15) is 30.4 Å². The van der Waals surface area contributed by atoms with Gasteiger partial charge in [-0.15, -0.1) is 0 Å². The molecule has 4 aromatic rings. The van der Waals surface area contributed by atoms with Crippen molar-refractivity contribution < 1.29 is 4.74 Å². The topological polar surface area (TPSA) is 50.5 Å². The van der Waals surface area contributed by atoms with Crippen molar-refractivity contribution in [1.82, 2.24) is 10.2 Å². The number of nitrogens with two attached hydrogens (primary N) is 1. The van der Waals surface area contributed by atoms with Crippen LogP contribution in [0, 0.1) is 0 Å². The van der Waals surface area contributed by atoms with E-state index in [1.165, 1.54) is 35.1 Å². The van der Waals surface area contributed by atoms with Gasteiger partial charge in [0.05, 0.1) is 0 Å². The van der Waals surface area contributed by atoms with Crippen LogP contribution in [0.4, 0.5) is 0 Å². The van der Waals surface area contributed by atoms with Gasteiger partial charge in [-0.3, -0.25) is 4.90 Å². The van der Waals surface area contributed by atoms with Crippen LogP contribution < -0.4 is 15.8 Å². The van der Waals surface area contributed by atoms with E-state index in [0.717, 1.165) is 50.5 Å². The van der Waals surface area contributed by atoms with E-state index in [1.807, 2.05) is 24.3 Å². The van der Waals surface area contributed by atoms with Gasteiger partial charge in [0.1, 0.15) is 11.5 Å². The van der Waals surface area contributed by atoms with Gasteiger partial charge in [-0.2, -0.15) is 0 Å². The largest absolute Gasteiger partial charge is 0.457 e. The molecule has 0 bridgehead atoms. The van der Waals surface area contributed by atoms with Crippen LogP contribution in [0.2, 0.25) is 5.02 Å². The molecule has 4 nitrogen and oxygen atoms in total. The van der Waals surface area contributed by atoms with E-state index in [9.17, 15) is 0 Å². The Balaban J connectivity index is 1.21. The molecule has 0 aromatic heterocycles. The van der Waals surface area contributed by atoms with E-state index in [0.29, 0.717) is 17.1 Å². The lowest BCUT2D eigenvalue weighted by molar-refractivity contribution is 0.113. The summed E-state index contributed by atoms with van der Waals surface area (Å²) in [6, 6.07) is 36.5. The Morgan fingerprint density at radius 3 is 2.10 bits per heavy atom. The van der Waals surface area contributed by atoms with Crippen LogP contribution >= 0.6 is 11.6 Å². The Morgan fingerprint density at radius 2 is 1.41 bits per heavy atom. The maximum Gasteiger partial charge on any atom is 0.127 e. The monoisotopic (exact) mass is 539 g/mol. The molecule has 5 heteroatoms. The molecule has 1 aliphatic heterocycles. The van der Waals surface area contributed by atoms with Gasteiger partial charge in [0.15, 0.2) is 0 Å². The zero-order valence-corrected chi connectivity index (χ0v) is 23.2. The van der Waals surface area contributed by atoms with E-state index in [1.54, 1.807) is 0 Å². The minimum atomic E-state index is 0.405. The summed E-state index contributed by atoms with van der Waals surface area (Å²) in [4.78, 5) is 2.67. The molecule has 5 rings (SSSR count). The average molecular weight is 540 g/mol. The van der Waals surface area contributed by atoms with Gasteiger partial charge < -0.3 is 15.8 Å². The minimum Gasteiger partial charge on any atom is -0.457 e. The van der Waals surface area contributed by atoms with Gasteiger partial charge in [-0.25, -0.2) is 0 Å². The first-order valence-corrected chi connectivity index (χ1v) is 14.4. The van der Waals surface area contributed by atoms with Crippen LogP contribution in [-0.4, -0.2) is 36.6 Å². The third-order valence-electron chi connectivity index (χ3n) is 7.51. The molecular weight excluding hydrogens is 502 g/mol. The summed E-state index contributed by atoms with van der Waals surface area (Å²) in [5.74, 6) is 1.62. The minimum absolute atomic E-state index is 0.405. The van der Waals surface area contributed by atoms with E-state index in [2.05, 4.69) is 89.1 Å². The van der Waals surface area contributed by atoms with Crippen LogP contribution in [-0.2, 0) is 13.0 Å². The van der Waals surface area contributed by atoms with Gasteiger partial charge in [-0.05, 0) is 84.5 Å². The molecule has 3 N–H and O–H groups in total. The predicted octanol–water partition coefficient (Wildman–Crippen LogP) is 7.31. The van der Waals surface area contributed by atoms with Gasteiger partial charge in [0, 0.05) is 36.7 Å². The number of hydrogen-bond acceptors (Lipinski definition) is 4. The summed E-state index contributed by atoms with van der Waals surface area (Å²) in [6.45, 7) is 3.77. The Morgan fingerprint density at radius 1 is 0.769 bits per heavy atom. The number of benzene rings is 4. The second-order valence-electron chi connectivity index (χ2n) is 10.4. The Labute approximate surface area is 237 Å². The molecule has 39 heavy (non-hydrogen) atoms. The van der Waals surface area contributed by atoms with Crippen molar-refractivity contribution in [1.29, 1.82) is 0 Å². The quantitative estimate of drug-likeness (QED) is 0.196. The van der Waals surface area contributed by atoms with Crippen molar-refractivity contribution in [2.45, 2.75) is 44.3 Å². The highest BCUT2D eigenvalue weighted by atomic mass is 35.5. The summed E-state index contributed by atoms with van der Waals surface area (Å²) in [5.41, 5.74) is 11.0. The molecule has 1 heterocycles. The molecule has 2 atom stereocenters. The molecule has 1 fully saturated rings. The van der Waals surface area contributed by atoms with E-state index >= 15 is 0 Å². The number of rotatable bonds is 11. The summed E-state index contributed by atoms with van der Waals surface area (Å²) >= 11 is 5.98. The highest BCUT2D eigenvalue weighted by Crippen LogP contribution is 2.25. The van der Waals surface area contributed by atoms with Gasteiger partial charge in [0.25, 0.3) is 0 Å². The van der Waals surface area contributed by atoms with Gasteiger partial charge in [-0.1, -0.05) is 84.8 Å². The zero-order valence-electron chi connectivity index (χ0n) is 22.4. The first-order chi connectivity index (χ1) is 19.2. The number of ether oxygens (including phenoxy) is 1. The number of unbranched alkanes of at least 4 members (excludes halogenated alkanes) is 1. The van der Waals surface area contributed by atoms with Crippen LogP contribution in [0.15, 0.2) is 103 Å². The predicted molar refractivity (Wildman–Crippen MR) is 162 cm³/mol. The van der Waals surface area contributed by atoms with E-state index in [4.69, 9.17) is 22.1 Å². The Hall–Kier alpha value is -3.15. The van der Waals surface area contributed by atoms with E-state index < -0.39 is 0 Å². The summed E-state index contributed by atoms with van der Waals surface area (Å²) in [6.07, 6.45) is 4.42. The number of piperazine rings is 1. The molecule has 1 saturated heterocycles. The number of nitrogens with one attached hydrogen (secondary N) is 1. The Kier molecular flexibility index (Phi) is 9.68. The molecule has 0 unspecified atom stereocenters. The standard InChI is InChI=1S/C34H38ClN3O/c35-30-15-19-34(20-16-30)39-33-17-11-26(12-18-33)22-31-25-38(32(23-37-31)8-4-5-21-36)24-27-9-13-29(14-10-27)28-6-2-1-3-7-28/h1-3,6-7,9-20,31-32,37H,4-5,8,21-25,36H2/t31-,32-/m0/s1. The van der Waals surface area contributed by atoms with Crippen molar-refractivity contribution in [3.8, 4) is 22.6 Å². The summed E-state index contributed by atoms with van der Waals surface area (Å²) < 4.78 is 5.97. The van der Waals surface area contributed by atoms with Crippen LogP contribution in [0.25, 0.3) is 11.1 Å². The van der Waals surface area contributed by atoms with Gasteiger partial charge in [0.2, 0.25) is 0 Å². The number of halogens is 1. The van der Waals surface area contributed by atoms with Crippen molar-refractivity contribution >= 4 is 11.6 Å². The third kappa shape index (κ3) is 7.93. The first kappa shape index (κ1) is 27.4. The summed E-state index contributed by atoms with van der Waals surface area (Å²) in [5, 5.41) is 4.54. The smallest absolute Gasteiger partial charge is 0.127 e. The zero-order chi connectivity index (χ0) is 26.9. The molecular formula is C34H38ClN3O. The number of nitrogens with zero attached hydrogens (tertiary/aromatic N) is 1. The molecule has 0 radical (unpaired) electrons. The molecule has 0 saturated carbocycles. The normalized spacial score (nSPS) is 17.7. The molecule has 0 aliphatic carbocycles. The van der Waals surface area contributed by atoms with Crippen LogP contribution in [0.3, 0.4) is 0 Å². The fraction of sp³-hybridized carbons (Fsp3) is 0.294. The lowest BCUT2D eigenvalue weighted by Gasteiger charge is -2.41. The number of hydrogen-bond donors (Lipinski definition) is 2. The maximum atomic E-state index is 5.98. The van der Waals surface area contributed by atoms with Crippen molar-refractivity contribution in [3.05, 3.63) is 119 Å². The molecule has 1 aliphatic rings. The average Bonchev–Trinajstić information content (AvgIpc) is 2.97. The lowest BCUT2D eigenvalue weighted by atomic mass is 9.97. The third-order valence-corrected chi connectivity index (χ3v) is 7.76. The fourth-order valence-electron chi connectivity index (χ4n) is 5.35. The van der Waals surface area contributed by atoms with Crippen molar-refractivity contribution in [3.63, 3.8) is 0 Å². The SMILES string of the molecule is NCCCC[C@H]1CN[C@@H](Cc2ccc(Oc3ccc(Cl)cc3)cc2)CN1Cc1ccc(-c2ccccc2)cc1. The van der Waals surface area contributed by atoms with Crippen molar-refractivity contribution in [2.24, 2.45) is 5.73 Å². The molecule has 0 spiro atoms. The molecule has 202 valence electrons. The van der Waals surface area contributed by atoms with E-state index in [-0.39, 0.29) is 0 Å². The second-order valence-corrected chi connectivity index (χ2v) is 10.9. The highest BCUT2D eigenvalue weighted by Gasteiger charge is 2.27. The maximum absolute atomic E-state index is 5.98. The molecule has 4 aromatic carbocycles. The lowest BCUT2D eigenvalue weighted by Crippen LogP contribution is -2.56. The van der Waals surface area contributed by atoms with Crippen molar-refractivity contribution in [2.75, 3.05) is 19.6 Å². The highest BCUT2D eigenvalue weighted by molar-refractivity contribution is 6.30. The first-order valence-electron chi connectivity index (χ1n) is 14.0.